The highest BCUT2D eigenvalue weighted by Crippen LogP contribution is 2.27. The van der Waals surface area contributed by atoms with Crippen LogP contribution in [0.2, 0.25) is 0 Å². The standard InChI is InChI=1S/C17H14FN/c18-14-8-3-7-13(11-14)17(19)16-10-4-6-12-5-1-2-9-15(12)16/h1-11,17H,19H2. The first-order valence-electron chi connectivity index (χ1n) is 6.24. The fraction of sp³-hybridized carbons (Fsp3) is 0.0588. The summed E-state index contributed by atoms with van der Waals surface area (Å²) in [5, 5.41) is 2.26. The monoisotopic (exact) mass is 251 g/mol. The molecule has 0 fully saturated rings. The molecule has 0 aromatic heterocycles. The van der Waals surface area contributed by atoms with Gasteiger partial charge in [-0.2, -0.15) is 0 Å². The Kier molecular flexibility index (Phi) is 3.02. The van der Waals surface area contributed by atoms with E-state index in [1.807, 2.05) is 36.4 Å². The zero-order chi connectivity index (χ0) is 13.2. The summed E-state index contributed by atoms with van der Waals surface area (Å²) in [5.41, 5.74) is 8.09. The summed E-state index contributed by atoms with van der Waals surface area (Å²) in [5.74, 6) is -0.256. The van der Waals surface area contributed by atoms with E-state index in [4.69, 9.17) is 5.73 Å². The van der Waals surface area contributed by atoms with E-state index in [2.05, 4.69) is 12.1 Å². The van der Waals surface area contributed by atoms with Gasteiger partial charge >= 0.3 is 0 Å². The maximum absolute atomic E-state index is 13.3. The summed E-state index contributed by atoms with van der Waals surface area (Å²) in [7, 11) is 0. The van der Waals surface area contributed by atoms with E-state index < -0.39 is 0 Å². The number of nitrogens with two attached hydrogens (primary N) is 1. The Balaban J connectivity index is 2.14. The van der Waals surface area contributed by atoms with E-state index in [0.717, 1.165) is 21.9 Å². The highest BCUT2D eigenvalue weighted by Gasteiger charge is 2.12. The molecule has 0 aliphatic carbocycles. The minimum Gasteiger partial charge on any atom is -0.320 e. The van der Waals surface area contributed by atoms with Gasteiger partial charge in [-0.15, -0.1) is 0 Å². The topological polar surface area (TPSA) is 26.0 Å². The van der Waals surface area contributed by atoms with E-state index in [1.165, 1.54) is 12.1 Å². The molecule has 0 radical (unpaired) electrons. The van der Waals surface area contributed by atoms with E-state index >= 15 is 0 Å². The molecule has 0 aliphatic heterocycles. The van der Waals surface area contributed by atoms with Gasteiger partial charge in [0.2, 0.25) is 0 Å². The zero-order valence-corrected chi connectivity index (χ0v) is 10.4. The molecule has 1 unspecified atom stereocenters. The molecule has 2 heteroatoms. The normalized spacial score (nSPS) is 12.5. The summed E-state index contributed by atoms with van der Waals surface area (Å²) in [6.45, 7) is 0. The zero-order valence-electron chi connectivity index (χ0n) is 10.4. The minimum atomic E-state index is -0.318. The maximum Gasteiger partial charge on any atom is 0.123 e. The molecule has 2 N–H and O–H groups in total. The van der Waals surface area contributed by atoms with Gasteiger partial charge in [0.15, 0.2) is 0 Å². The molecule has 0 heterocycles. The van der Waals surface area contributed by atoms with Crippen LogP contribution in [-0.2, 0) is 0 Å². The Morgan fingerprint density at radius 1 is 0.842 bits per heavy atom. The molecule has 3 aromatic rings. The van der Waals surface area contributed by atoms with Crippen molar-refractivity contribution >= 4 is 10.8 Å². The number of benzene rings is 3. The Bertz CT molecular complexity index is 716. The van der Waals surface area contributed by atoms with Crippen LogP contribution in [0.15, 0.2) is 66.7 Å². The summed E-state index contributed by atoms with van der Waals surface area (Å²) < 4.78 is 13.3. The first-order valence-corrected chi connectivity index (χ1v) is 6.24. The third kappa shape index (κ3) is 2.23. The van der Waals surface area contributed by atoms with E-state index in [9.17, 15) is 4.39 Å². The second kappa shape index (κ2) is 4.82. The number of halogens is 1. The van der Waals surface area contributed by atoms with Crippen molar-refractivity contribution in [3.63, 3.8) is 0 Å². The van der Waals surface area contributed by atoms with Crippen LogP contribution >= 0.6 is 0 Å². The molecule has 0 saturated heterocycles. The molecule has 94 valence electrons. The van der Waals surface area contributed by atoms with Crippen LogP contribution in [-0.4, -0.2) is 0 Å². The van der Waals surface area contributed by atoms with Crippen LogP contribution in [0.1, 0.15) is 17.2 Å². The largest absolute Gasteiger partial charge is 0.320 e. The Morgan fingerprint density at radius 3 is 2.42 bits per heavy atom. The Morgan fingerprint density at radius 2 is 1.58 bits per heavy atom. The molecule has 3 aromatic carbocycles. The van der Waals surface area contributed by atoms with Gasteiger partial charge in [-0.25, -0.2) is 4.39 Å². The SMILES string of the molecule is NC(c1cccc(F)c1)c1cccc2ccccc12. The molecule has 1 atom stereocenters. The van der Waals surface area contributed by atoms with Crippen molar-refractivity contribution in [1.82, 2.24) is 0 Å². The molecule has 0 aliphatic rings. The summed E-state index contributed by atoms with van der Waals surface area (Å²) in [6, 6.07) is 20.3. The van der Waals surface area contributed by atoms with Crippen molar-refractivity contribution in [2.24, 2.45) is 5.73 Å². The van der Waals surface area contributed by atoms with Gasteiger partial charge in [0.25, 0.3) is 0 Å². The van der Waals surface area contributed by atoms with Crippen LogP contribution < -0.4 is 5.73 Å². The predicted octanol–water partition coefficient (Wildman–Crippen LogP) is 4.03. The third-order valence-corrected chi connectivity index (χ3v) is 3.37. The van der Waals surface area contributed by atoms with Crippen LogP contribution in [0.3, 0.4) is 0 Å². The van der Waals surface area contributed by atoms with Gasteiger partial charge in [0.05, 0.1) is 6.04 Å². The molecule has 0 amide bonds. The van der Waals surface area contributed by atoms with Crippen LogP contribution in [0.5, 0.6) is 0 Å². The third-order valence-electron chi connectivity index (χ3n) is 3.37. The van der Waals surface area contributed by atoms with Crippen molar-refractivity contribution in [2.75, 3.05) is 0 Å². The van der Waals surface area contributed by atoms with Gasteiger partial charge in [-0.3, -0.25) is 0 Å². The minimum absolute atomic E-state index is 0.256. The summed E-state index contributed by atoms with van der Waals surface area (Å²) in [4.78, 5) is 0. The Labute approximate surface area is 111 Å². The molecule has 19 heavy (non-hydrogen) atoms. The maximum atomic E-state index is 13.3. The lowest BCUT2D eigenvalue weighted by atomic mass is 9.94. The summed E-state index contributed by atoms with van der Waals surface area (Å²) in [6.07, 6.45) is 0. The van der Waals surface area contributed by atoms with Crippen LogP contribution in [0, 0.1) is 5.82 Å². The average molecular weight is 251 g/mol. The van der Waals surface area contributed by atoms with Crippen molar-refractivity contribution in [3.8, 4) is 0 Å². The van der Waals surface area contributed by atoms with Gasteiger partial charge < -0.3 is 5.73 Å². The number of rotatable bonds is 2. The highest BCUT2D eigenvalue weighted by atomic mass is 19.1. The highest BCUT2D eigenvalue weighted by molar-refractivity contribution is 5.86. The van der Waals surface area contributed by atoms with Gasteiger partial charge in [0, 0.05) is 0 Å². The van der Waals surface area contributed by atoms with Gasteiger partial charge in [-0.05, 0) is 34.0 Å². The lowest BCUT2D eigenvalue weighted by Crippen LogP contribution is -2.12. The first kappa shape index (κ1) is 11.9. The van der Waals surface area contributed by atoms with Crippen molar-refractivity contribution in [3.05, 3.63) is 83.7 Å². The molecular weight excluding hydrogens is 237 g/mol. The van der Waals surface area contributed by atoms with Crippen molar-refractivity contribution < 1.29 is 4.39 Å². The van der Waals surface area contributed by atoms with Crippen molar-refractivity contribution in [2.45, 2.75) is 6.04 Å². The first-order chi connectivity index (χ1) is 9.25. The van der Waals surface area contributed by atoms with E-state index in [0.29, 0.717) is 0 Å². The summed E-state index contributed by atoms with van der Waals surface area (Å²) >= 11 is 0. The number of hydrogen-bond acceptors (Lipinski definition) is 1. The fourth-order valence-electron chi connectivity index (χ4n) is 2.40. The lowest BCUT2D eigenvalue weighted by molar-refractivity contribution is 0.623. The average Bonchev–Trinajstić information content (AvgIpc) is 2.46. The van der Waals surface area contributed by atoms with Crippen molar-refractivity contribution in [1.29, 1.82) is 0 Å². The van der Waals surface area contributed by atoms with Gasteiger partial charge in [0.1, 0.15) is 5.82 Å². The molecule has 0 bridgehead atoms. The molecule has 0 saturated carbocycles. The van der Waals surface area contributed by atoms with E-state index in [-0.39, 0.29) is 11.9 Å². The molecule has 0 spiro atoms. The lowest BCUT2D eigenvalue weighted by Gasteiger charge is -2.15. The molecule has 1 nitrogen and oxygen atoms in total. The molecular formula is C17H14FN. The fourth-order valence-corrected chi connectivity index (χ4v) is 2.40. The molecule has 3 rings (SSSR count). The quantitative estimate of drug-likeness (QED) is 0.731. The van der Waals surface area contributed by atoms with Crippen LogP contribution in [0.25, 0.3) is 10.8 Å². The smallest absolute Gasteiger partial charge is 0.123 e. The van der Waals surface area contributed by atoms with E-state index in [1.54, 1.807) is 6.07 Å². The predicted molar refractivity (Wildman–Crippen MR) is 76.4 cm³/mol. The van der Waals surface area contributed by atoms with Crippen LogP contribution in [0.4, 0.5) is 4.39 Å². The number of hydrogen-bond donors (Lipinski definition) is 1. The second-order valence-corrected chi connectivity index (χ2v) is 4.60. The second-order valence-electron chi connectivity index (χ2n) is 4.60. The number of fused-ring (bicyclic) bond motifs is 1. The van der Waals surface area contributed by atoms with Gasteiger partial charge in [-0.1, -0.05) is 54.6 Å². The Hall–Kier alpha value is -2.19.